The summed E-state index contributed by atoms with van der Waals surface area (Å²) >= 11 is 0. The largest absolute Gasteiger partial charge is 0.299 e. The fourth-order valence-corrected chi connectivity index (χ4v) is 1.58. The molecule has 1 aliphatic carbocycles. The van der Waals surface area contributed by atoms with E-state index in [4.69, 9.17) is 0 Å². The van der Waals surface area contributed by atoms with Crippen LogP contribution in [0.4, 0.5) is 8.78 Å². The van der Waals surface area contributed by atoms with E-state index in [0.29, 0.717) is 5.56 Å². The Labute approximate surface area is 87.1 Å². The first-order valence-electron chi connectivity index (χ1n) is 4.98. The lowest BCUT2D eigenvalue weighted by Gasteiger charge is -2.07. The van der Waals surface area contributed by atoms with Crippen molar-refractivity contribution in [1.29, 1.82) is 0 Å². The van der Waals surface area contributed by atoms with Crippen LogP contribution in [0.25, 0.3) is 0 Å². The van der Waals surface area contributed by atoms with E-state index >= 15 is 0 Å². The normalized spacial score (nSPS) is 17.5. The molecule has 3 heteroatoms. The molecule has 1 fully saturated rings. The lowest BCUT2D eigenvalue weighted by Crippen LogP contribution is -2.14. The van der Waals surface area contributed by atoms with E-state index < -0.39 is 11.6 Å². The van der Waals surface area contributed by atoms with E-state index in [-0.39, 0.29) is 17.6 Å². The van der Waals surface area contributed by atoms with Crippen molar-refractivity contribution in [3.05, 3.63) is 35.4 Å². The predicted molar refractivity (Wildman–Crippen MR) is 52.4 cm³/mol. The van der Waals surface area contributed by atoms with E-state index in [1.165, 1.54) is 12.1 Å². The topological polar surface area (TPSA) is 17.1 Å². The number of rotatable bonds is 3. The second kappa shape index (κ2) is 3.40. The summed E-state index contributed by atoms with van der Waals surface area (Å²) < 4.78 is 25.7. The highest BCUT2D eigenvalue weighted by Crippen LogP contribution is 2.46. The van der Waals surface area contributed by atoms with Crippen molar-refractivity contribution in [2.45, 2.75) is 26.2 Å². The number of halogens is 2. The van der Waals surface area contributed by atoms with Crippen molar-refractivity contribution in [2.24, 2.45) is 5.41 Å². The standard InChI is InChI=1S/C12H12F2O/c1-12(2-3-12)11(15)6-8-4-9(13)7-10(14)5-8/h4-5,7H,2-3,6H2,1H3. The van der Waals surface area contributed by atoms with Gasteiger partial charge in [-0.05, 0) is 30.5 Å². The van der Waals surface area contributed by atoms with Gasteiger partial charge >= 0.3 is 0 Å². The van der Waals surface area contributed by atoms with Crippen LogP contribution in [-0.2, 0) is 11.2 Å². The number of hydrogen-bond acceptors (Lipinski definition) is 1. The molecule has 15 heavy (non-hydrogen) atoms. The van der Waals surface area contributed by atoms with E-state index in [1.54, 1.807) is 0 Å². The molecule has 0 amide bonds. The first-order chi connectivity index (χ1) is 6.99. The summed E-state index contributed by atoms with van der Waals surface area (Å²) in [5.41, 5.74) is 0.189. The fraction of sp³-hybridized carbons (Fsp3) is 0.417. The molecule has 0 N–H and O–H groups in total. The van der Waals surface area contributed by atoms with Gasteiger partial charge < -0.3 is 0 Å². The zero-order valence-electron chi connectivity index (χ0n) is 8.52. The van der Waals surface area contributed by atoms with Gasteiger partial charge in [0.15, 0.2) is 0 Å². The average molecular weight is 210 g/mol. The molecule has 0 aromatic heterocycles. The number of carbonyl (C=O) groups is 1. The van der Waals surface area contributed by atoms with Gasteiger partial charge in [0, 0.05) is 17.9 Å². The van der Waals surface area contributed by atoms with Gasteiger partial charge in [-0.1, -0.05) is 6.92 Å². The zero-order chi connectivity index (χ0) is 11.1. The summed E-state index contributed by atoms with van der Waals surface area (Å²) in [5.74, 6) is -1.18. The number of Topliss-reactive ketones (excluding diaryl/α,β-unsaturated/α-hetero) is 1. The van der Waals surface area contributed by atoms with Crippen LogP contribution in [0.15, 0.2) is 18.2 Å². The average Bonchev–Trinajstić information content (AvgIpc) is 2.83. The molecule has 2 rings (SSSR count). The van der Waals surface area contributed by atoms with Gasteiger partial charge in [-0.2, -0.15) is 0 Å². The summed E-state index contributed by atoms with van der Waals surface area (Å²) in [4.78, 5) is 11.7. The molecule has 0 saturated heterocycles. The molecule has 0 bridgehead atoms. The number of ketones is 1. The van der Waals surface area contributed by atoms with Gasteiger partial charge in [-0.25, -0.2) is 8.78 Å². The molecule has 0 heterocycles. The Morgan fingerprint density at radius 3 is 2.27 bits per heavy atom. The maximum absolute atomic E-state index is 12.8. The number of benzene rings is 1. The minimum atomic E-state index is -0.626. The van der Waals surface area contributed by atoms with Gasteiger partial charge in [-0.15, -0.1) is 0 Å². The van der Waals surface area contributed by atoms with Crippen molar-refractivity contribution in [1.82, 2.24) is 0 Å². The third-order valence-corrected chi connectivity index (χ3v) is 2.96. The van der Waals surface area contributed by atoms with Crippen LogP contribution in [-0.4, -0.2) is 5.78 Å². The molecule has 0 spiro atoms. The Hall–Kier alpha value is -1.25. The summed E-state index contributed by atoms with van der Waals surface area (Å²) in [7, 11) is 0. The second-order valence-corrected chi connectivity index (χ2v) is 4.44. The van der Waals surface area contributed by atoms with Crippen molar-refractivity contribution in [3.8, 4) is 0 Å². The molecule has 1 aromatic rings. The Morgan fingerprint density at radius 1 is 1.27 bits per heavy atom. The highest BCUT2D eigenvalue weighted by molar-refractivity contribution is 5.88. The van der Waals surface area contributed by atoms with Crippen LogP contribution < -0.4 is 0 Å². The molecule has 80 valence electrons. The minimum absolute atomic E-state index is 0.0764. The van der Waals surface area contributed by atoms with Crippen molar-refractivity contribution >= 4 is 5.78 Å². The number of hydrogen-bond donors (Lipinski definition) is 0. The Kier molecular flexibility index (Phi) is 2.33. The maximum atomic E-state index is 12.8. The van der Waals surface area contributed by atoms with Crippen molar-refractivity contribution < 1.29 is 13.6 Å². The molecule has 0 radical (unpaired) electrons. The van der Waals surface area contributed by atoms with Crippen molar-refractivity contribution in [2.75, 3.05) is 0 Å². The van der Waals surface area contributed by atoms with E-state index in [0.717, 1.165) is 18.9 Å². The van der Waals surface area contributed by atoms with Gasteiger partial charge in [0.2, 0.25) is 0 Å². The third kappa shape index (κ3) is 2.22. The first kappa shape index (κ1) is 10.3. The molecular weight excluding hydrogens is 198 g/mol. The van der Waals surface area contributed by atoms with E-state index in [9.17, 15) is 13.6 Å². The molecule has 1 aromatic carbocycles. The van der Waals surface area contributed by atoms with Gasteiger partial charge in [0.05, 0.1) is 0 Å². The zero-order valence-corrected chi connectivity index (χ0v) is 8.52. The summed E-state index contributed by atoms with van der Waals surface area (Å²) in [5, 5.41) is 0. The van der Waals surface area contributed by atoms with Crippen LogP contribution in [0.5, 0.6) is 0 Å². The predicted octanol–water partition coefficient (Wildman–Crippen LogP) is 2.88. The fourth-order valence-electron chi connectivity index (χ4n) is 1.58. The highest BCUT2D eigenvalue weighted by atomic mass is 19.1. The quantitative estimate of drug-likeness (QED) is 0.749. The molecular formula is C12H12F2O. The lowest BCUT2D eigenvalue weighted by atomic mass is 9.97. The van der Waals surface area contributed by atoms with Crippen molar-refractivity contribution in [3.63, 3.8) is 0 Å². The molecule has 0 atom stereocenters. The van der Waals surface area contributed by atoms with Crippen LogP contribution in [0.1, 0.15) is 25.3 Å². The van der Waals surface area contributed by atoms with Crippen LogP contribution in [0.3, 0.4) is 0 Å². The molecule has 1 saturated carbocycles. The van der Waals surface area contributed by atoms with Crippen LogP contribution in [0.2, 0.25) is 0 Å². The summed E-state index contributed by atoms with van der Waals surface area (Å²) in [6.07, 6.45) is 1.92. The minimum Gasteiger partial charge on any atom is -0.299 e. The lowest BCUT2D eigenvalue weighted by molar-refractivity contribution is -0.122. The highest BCUT2D eigenvalue weighted by Gasteiger charge is 2.43. The maximum Gasteiger partial charge on any atom is 0.143 e. The van der Waals surface area contributed by atoms with E-state index in [1.807, 2.05) is 6.92 Å². The van der Waals surface area contributed by atoms with Gasteiger partial charge in [0.1, 0.15) is 17.4 Å². The van der Waals surface area contributed by atoms with Gasteiger partial charge in [-0.3, -0.25) is 4.79 Å². The molecule has 0 aliphatic heterocycles. The third-order valence-electron chi connectivity index (χ3n) is 2.96. The SMILES string of the molecule is CC1(C(=O)Cc2cc(F)cc(F)c2)CC1. The smallest absolute Gasteiger partial charge is 0.143 e. The van der Waals surface area contributed by atoms with Crippen LogP contribution in [0, 0.1) is 17.0 Å². The number of carbonyl (C=O) groups excluding carboxylic acids is 1. The Bertz CT molecular complexity index is 388. The van der Waals surface area contributed by atoms with Gasteiger partial charge in [0.25, 0.3) is 0 Å². The Balaban J connectivity index is 2.13. The molecule has 1 aliphatic rings. The first-order valence-corrected chi connectivity index (χ1v) is 4.98. The van der Waals surface area contributed by atoms with E-state index in [2.05, 4.69) is 0 Å². The summed E-state index contributed by atoms with van der Waals surface area (Å²) in [6, 6.07) is 3.24. The molecule has 1 nitrogen and oxygen atoms in total. The monoisotopic (exact) mass is 210 g/mol. The summed E-state index contributed by atoms with van der Waals surface area (Å²) in [6.45, 7) is 1.89. The Morgan fingerprint density at radius 2 is 1.80 bits per heavy atom. The molecule has 0 unspecified atom stereocenters. The second-order valence-electron chi connectivity index (χ2n) is 4.44. The van der Waals surface area contributed by atoms with Crippen LogP contribution >= 0.6 is 0 Å².